The number of para-hydroxylation sites is 1. The summed E-state index contributed by atoms with van der Waals surface area (Å²) in [7, 11) is 0. The summed E-state index contributed by atoms with van der Waals surface area (Å²) in [5.41, 5.74) is 0.431. The number of benzene rings is 1. The zero-order valence-corrected chi connectivity index (χ0v) is 12.6. The van der Waals surface area contributed by atoms with Crippen LogP contribution in [-0.2, 0) is 9.53 Å². The molecule has 0 N–H and O–H groups in total. The van der Waals surface area contributed by atoms with Gasteiger partial charge in [-0.1, -0.05) is 12.1 Å². The van der Waals surface area contributed by atoms with E-state index in [1.807, 2.05) is 13.8 Å². The summed E-state index contributed by atoms with van der Waals surface area (Å²) in [6.45, 7) is 6.72. The van der Waals surface area contributed by atoms with E-state index in [-0.39, 0.29) is 18.1 Å². The van der Waals surface area contributed by atoms with Crippen molar-refractivity contribution in [1.82, 2.24) is 4.90 Å². The first-order valence-electron chi connectivity index (χ1n) is 7.10. The summed E-state index contributed by atoms with van der Waals surface area (Å²) in [6, 6.07) is 9.03. The van der Waals surface area contributed by atoms with Gasteiger partial charge in [-0.2, -0.15) is 5.26 Å². The summed E-state index contributed by atoms with van der Waals surface area (Å²) in [5, 5.41) is 9.05. The average Bonchev–Trinajstić information content (AvgIpc) is 2.49. The molecule has 21 heavy (non-hydrogen) atoms. The average molecular weight is 288 g/mol. The summed E-state index contributed by atoms with van der Waals surface area (Å²) in [6.07, 6.45) is -0.601. The lowest BCUT2D eigenvalue weighted by Gasteiger charge is -2.38. The quantitative estimate of drug-likeness (QED) is 0.853. The lowest BCUT2D eigenvalue weighted by Crippen LogP contribution is -2.53. The van der Waals surface area contributed by atoms with Crippen molar-refractivity contribution in [3.05, 3.63) is 29.8 Å². The molecule has 1 fully saturated rings. The fourth-order valence-corrected chi connectivity index (χ4v) is 2.35. The van der Waals surface area contributed by atoms with Crippen LogP contribution in [-0.4, -0.2) is 42.2 Å². The Balaban J connectivity index is 2.07. The molecule has 0 unspecified atom stereocenters. The summed E-state index contributed by atoms with van der Waals surface area (Å²) in [4.78, 5) is 14.3. The highest BCUT2D eigenvalue weighted by Crippen LogP contribution is 2.20. The molecule has 5 heteroatoms. The number of rotatable bonds is 3. The fourth-order valence-electron chi connectivity index (χ4n) is 2.35. The minimum absolute atomic E-state index is 0.0312. The molecule has 0 aromatic heterocycles. The van der Waals surface area contributed by atoms with Crippen LogP contribution in [0.1, 0.15) is 26.3 Å². The largest absolute Gasteiger partial charge is 0.480 e. The lowest BCUT2D eigenvalue weighted by atomic mass is 10.1. The molecular formula is C16H20N2O3. The zero-order valence-electron chi connectivity index (χ0n) is 12.6. The molecule has 112 valence electrons. The first kappa shape index (κ1) is 15.3. The van der Waals surface area contributed by atoms with E-state index < -0.39 is 6.10 Å². The highest BCUT2D eigenvalue weighted by molar-refractivity contribution is 5.81. The van der Waals surface area contributed by atoms with E-state index in [0.717, 1.165) is 0 Å². The van der Waals surface area contributed by atoms with Gasteiger partial charge in [0.05, 0.1) is 24.3 Å². The monoisotopic (exact) mass is 288 g/mol. The van der Waals surface area contributed by atoms with Crippen molar-refractivity contribution in [1.29, 1.82) is 5.26 Å². The zero-order chi connectivity index (χ0) is 15.4. The van der Waals surface area contributed by atoms with E-state index in [2.05, 4.69) is 6.07 Å². The van der Waals surface area contributed by atoms with Crippen molar-refractivity contribution in [3.63, 3.8) is 0 Å². The lowest BCUT2D eigenvalue weighted by molar-refractivity contribution is -0.149. The van der Waals surface area contributed by atoms with Crippen LogP contribution in [0.15, 0.2) is 24.3 Å². The van der Waals surface area contributed by atoms with Gasteiger partial charge in [0.25, 0.3) is 5.91 Å². The molecular weight excluding hydrogens is 268 g/mol. The van der Waals surface area contributed by atoms with E-state index >= 15 is 0 Å². The van der Waals surface area contributed by atoms with Crippen molar-refractivity contribution in [2.45, 2.75) is 39.0 Å². The van der Waals surface area contributed by atoms with Crippen LogP contribution in [0, 0.1) is 11.3 Å². The van der Waals surface area contributed by atoms with Gasteiger partial charge < -0.3 is 14.4 Å². The van der Waals surface area contributed by atoms with Crippen LogP contribution >= 0.6 is 0 Å². The van der Waals surface area contributed by atoms with Gasteiger partial charge >= 0.3 is 0 Å². The Morgan fingerprint density at radius 1 is 1.48 bits per heavy atom. The maximum Gasteiger partial charge on any atom is 0.263 e. The minimum atomic E-state index is -0.632. The number of nitriles is 1. The van der Waals surface area contributed by atoms with Crippen LogP contribution in [0.5, 0.6) is 5.75 Å². The molecule has 0 radical (unpaired) electrons. The van der Waals surface area contributed by atoms with E-state index in [4.69, 9.17) is 14.7 Å². The second kappa shape index (κ2) is 6.59. The molecule has 2 rings (SSSR count). The molecule has 1 aromatic carbocycles. The Morgan fingerprint density at radius 3 is 2.90 bits per heavy atom. The minimum Gasteiger partial charge on any atom is -0.480 e. The Labute approximate surface area is 125 Å². The van der Waals surface area contributed by atoms with E-state index in [1.165, 1.54) is 0 Å². The molecule has 1 aromatic rings. The van der Waals surface area contributed by atoms with E-state index in [9.17, 15) is 4.79 Å². The molecule has 0 bridgehead atoms. The van der Waals surface area contributed by atoms with Crippen molar-refractivity contribution in [3.8, 4) is 11.8 Å². The smallest absolute Gasteiger partial charge is 0.263 e. The third-order valence-electron chi connectivity index (χ3n) is 3.55. The third kappa shape index (κ3) is 3.53. The number of ether oxygens (including phenoxy) is 2. The Kier molecular flexibility index (Phi) is 4.81. The molecule has 1 aliphatic heterocycles. The number of hydrogen-bond donors (Lipinski definition) is 0. The van der Waals surface area contributed by atoms with E-state index in [0.29, 0.717) is 24.5 Å². The molecule has 5 nitrogen and oxygen atoms in total. The number of amides is 1. The topological polar surface area (TPSA) is 62.6 Å². The molecule has 1 aliphatic rings. The maximum absolute atomic E-state index is 12.5. The number of carbonyl (C=O) groups is 1. The van der Waals surface area contributed by atoms with Crippen molar-refractivity contribution >= 4 is 5.91 Å². The SMILES string of the molecule is C[C@@H]1CN(C(=O)[C@H](C)Oc2ccccc2C#N)[C@H](C)CO1. The molecule has 3 atom stereocenters. The summed E-state index contributed by atoms with van der Waals surface area (Å²) >= 11 is 0. The fraction of sp³-hybridized carbons (Fsp3) is 0.500. The van der Waals surface area contributed by atoms with Crippen LogP contribution in [0.25, 0.3) is 0 Å². The van der Waals surface area contributed by atoms with E-state index in [1.54, 1.807) is 36.1 Å². The second-order valence-electron chi connectivity index (χ2n) is 5.35. The van der Waals surface area contributed by atoms with Crippen molar-refractivity contribution in [2.24, 2.45) is 0 Å². The normalized spacial score (nSPS) is 23.2. The number of hydrogen-bond acceptors (Lipinski definition) is 4. The van der Waals surface area contributed by atoms with Gasteiger partial charge in [0.15, 0.2) is 6.10 Å². The standard InChI is InChI=1S/C16H20N2O3/c1-11-10-20-12(2)9-18(11)16(19)13(3)21-15-7-5-4-6-14(15)8-17/h4-7,11-13H,9-10H2,1-3H3/t11-,12-,13+/m1/s1. The third-order valence-corrected chi connectivity index (χ3v) is 3.55. The van der Waals surface area contributed by atoms with Gasteiger partial charge in [0, 0.05) is 6.54 Å². The van der Waals surface area contributed by atoms with Crippen LogP contribution in [0.4, 0.5) is 0 Å². The first-order valence-corrected chi connectivity index (χ1v) is 7.10. The van der Waals surface area contributed by atoms with Gasteiger partial charge in [0.1, 0.15) is 11.8 Å². The highest BCUT2D eigenvalue weighted by Gasteiger charge is 2.31. The molecule has 1 heterocycles. The van der Waals surface area contributed by atoms with Crippen LogP contribution in [0.2, 0.25) is 0 Å². The van der Waals surface area contributed by atoms with Gasteiger partial charge in [-0.15, -0.1) is 0 Å². The number of carbonyl (C=O) groups excluding carboxylic acids is 1. The van der Waals surface area contributed by atoms with Gasteiger partial charge in [-0.05, 0) is 32.9 Å². The Morgan fingerprint density at radius 2 is 2.19 bits per heavy atom. The predicted octanol–water partition coefficient (Wildman–Crippen LogP) is 1.96. The predicted molar refractivity (Wildman–Crippen MR) is 77.8 cm³/mol. The highest BCUT2D eigenvalue weighted by atomic mass is 16.5. The Hall–Kier alpha value is -2.06. The molecule has 0 spiro atoms. The number of nitrogens with zero attached hydrogens (tertiary/aromatic N) is 2. The first-order chi connectivity index (χ1) is 10.0. The van der Waals surface area contributed by atoms with Gasteiger partial charge in [-0.25, -0.2) is 0 Å². The second-order valence-corrected chi connectivity index (χ2v) is 5.35. The summed E-state index contributed by atoms with van der Waals surface area (Å²) in [5.74, 6) is 0.361. The Bertz CT molecular complexity index is 553. The molecule has 0 saturated carbocycles. The molecule has 1 saturated heterocycles. The van der Waals surface area contributed by atoms with Gasteiger partial charge in [0.2, 0.25) is 0 Å². The maximum atomic E-state index is 12.5. The summed E-state index contributed by atoms with van der Waals surface area (Å²) < 4.78 is 11.2. The van der Waals surface area contributed by atoms with Crippen molar-refractivity contribution in [2.75, 3.05) is 13.2 Å². The molecule has 1 amide bonds. The van der Waals surface area contributed by atoms with Crippen molar-refractivity contribution < 1.29 is 14.3 Å². The molecule has 0 aliphatic carbocycles. The number of morpholine rings is 1. The van der Waals surface area contributed by atoms with Gasteiger partial charge in [-0.3, -0.25) is 4.79 Å². The van der Waals surface area contributed by atoms with Crippen LogP contribution in [0.3, 0.4) is 0 Å². The van der Waals surface area contributed by atoms with Crippen LogP contribution < -0.4 is 4.74 Å².